The number of nitrogens with two attached hydrogens (primary N) is 1. The van der Waals surface area contributed by atoms with Crippen LogP contribution >= 0.6 is 11.6 Å². The van der Waals surface area contributed by atoms with E-state index in [0.29, 0.717) is 5.84 Å². The van der Waals surface area contributed by atoms with Gasteiger partial charge in [-0.15, -0.1) is 11.6 Å². The van der Waals surface area contributed by atoms with Crippen LogP contribution in [0.25, 0.3) is 0 Å². The third-order valence-electron chi connectivity index (χ3n) is 3.42. The third-order valence-corrected chi connectivity index (χ3v) is 3.69. The maximum atomic E-state index is 5.65. The Morgan fingerprint density at radius 1 is 1.35 bits per heavy atom. The van der Waals surface area contributed by atoms with Crippen molar-refractivity contribution >= 4 is 28.8 Å². The van der Waals surface area contributed by atoms with Gasteiger partial charge in [0.2, 0.25) is 0 Å². The fraction of sp³-hybridized carbons (Fsp3) is 0.500. The fourth-order valence-corrected chi connectivity index (χ4v) is 2.30. The summed E-state index contributed by atoms with van der Waals surface area (Å²) in [5.41, 5.74) is 7.52. The predicted octanol–water partition coefficient (Wildman–Crippen LogP) is 1.67. The van der Waals surface area contributed by atoms with Crippen LogP contribution in [0.2, 0.25) is 0 Å². The number of ether oxygens (including phenoxy) is 1. The Labute approximate surface area is 125 Å². The van der Waals surface area contributed by atoms with Crippen LogP contribution in [0.1, 0.15) is 0 Å². The Bertz CT molecular complexity index is 484. The first kappa shape index (κ1) is 14.9. The van der Waals surface area contributed by atoms with Gasteiger partial charge < -0.3 is 20.3 Å². The Morgan fingerprint density at radius 3 is 2.65 bits per heavy atom. The molecule has 0 spiro atoms. The van der Waals surface area contributed by atoms with Gasteiger partial charge in [-0.2, -0.15) is 0 Å². The van der Waals surface area contributed by atoms with Gasteiger partial charge in [0.05, 0.1) is 24.4 Å². The topological polar surface area (TPSA) is 54.1 Å². The van der Waals surface area contributed by atoms with Crippen molar-refractivity contribution < 1.29 is 4.74 Å². The number of piperazine rings is 1. The average Bonchev–Trinajstić information content (AvgIpc) is 2.48. The van der Waals surface area contributed by atoms with E-state index < -0.39 is 0 Å². The van der Waals surface area contributed by atoms with E-state index in [1.54, 1.807) is 7.11 Å². The maximum Gasteiger partial charge on any atom is 0.144 e. The van der Waals surface area contributed by atoms with Crippen molar-refractivity contribution in [1.29, 1.82) is 0 Å². The van der Waals surface area contributed by atoms with Crippen LogP contribution in [0.3, 0.4) is 0 Å². The summed E-state index contributed by atoms with van der Waals surface area (Å²) in [6.07, 6.45) is 0. The van der Waals surface area contributed by atoms with E-state index >= 15 is 0 Å². The molecule has 0 unspecified atom stereocenters. The van der Waals surface area contributed by atoms with E-state index in [4.69, 9.17) is 22.1 Å². The molecule has 1 heterocycles. The molecule has 0 atom stereocenters. The van der Waals surface area contributed by atoms with Gasteiger partial charge in [-0.1, -0.05) is 0 Å². The van der Waals surface area contributed by atoms with Crippen LogP contribution in [0, 0.1) is 0 Å². The molecule has 1 aromatic carbocycles. The highest BCUT2D eigenvalue weighted by molar-refractivity contribution is 6.28. The quantitative estimate of drug-likeness (QED) is 0.522. The summed E-state index contributed by atoms with van der Waals surface area (Å²) in [6.45, 7) is 4.11. The standard InChI is InChI=1S/C14H21ClN4O/c1-18-5-7-19(8-6-18)12-4-3-11(9-13(12)20-2)17-14(16)10-15/h3-4,9H,5-8,10H2,1-2H3,(H2,16,17). The van der Waals surface area contributed by atoms with Crippen LogP contribution in [0.5, 0.6) is 5.75 Å². The highest BCUT2D eigenvalue weighted by Crippen LogP contribution is 2.32. The second-order valence-electron chi connectivity index (χ2n) is 4.88. The minimum atomic E-state index is 0.225. The lowest BCUT2D eigenvalue weighted by Gasteiger charge is -2.34. The van der Waals surface area contributed by atoms with Crippen molar-refractivity contribution in [2.75, 3.05) is 51.1 Å². The average molecular weight is 297 g/mol. The lowest BCUT2D eigenvalue weighted by Crippen LogP contribution is -2.44. The number of amidine groups is 1. The van der Waals surface area contributed by atoms with Crippen LogP contribution in [-0.4, -0.2) is 57.0 Å². The van der Waals surface area contributed by atoms with E-state index in [-0.39, 0.29) is 5.88 Å². The highest BCUT2D eigenvalue weighted by Gasteiger charge is 2.17. The van der Waals surface area contributed by atoms with Crippen molar-refractivity contribution in [3.05, 3.63) is 18.2 Å². The molecule has 110 valence electrons. The minimum absolute atomic E-state index is 0.225. The molecule has 0 aromatic heterocycles. The first-order valence-electron chi connectivity index (χ1n) is 6.64. The van der Waals surface area contributed by atoms with Gasteiger partial charge in [-0.25, -0.2) is 4.99 Å². The molecule has 0 amide bonds. The summed E-state index contributed by atoms with van der Waals surface area (Å²) < 4.78 is 5.48. The number of likely N-dealkylation sites (N-methyl/N-ethyl adjacent to an activating group) is 1. The van der Waals surface area contributed by atoms with Crippen molar-refractivity contribution in [2.24, 2.45) is 10.7 Å². The molecular formula is C14H21ClN4O. The molecule has 0 saturated carbocycles. The molecule has 6 heteroatoms. The van der Waals surface area contributed by atoms with Crippen LogP contribution in [-0.2, 0) is 0 Å². The van der Waals surface area contributed by atoms with E-state index in [2.05, 4.69) is 21.8 Å². The summed E-state index contributed by atoms with van der Waals surface area (Å²) in [7, 11) is 3.81. The first-order valence-corrected chi connectivity index (χ1v) is 7.18. The molecule has 2 rings (SSSR count). The summed E-state index contributed by atoms with van der Waals surface area (Å²) in [5.74, 6) is 1.45. The number of alkyl halides is 1. The van der Waals surface area contributed by atoms with Crippen LogP contribution < -0.4 is 15.4 Å². The number of rotatable bonds is 4. The van der Waals surface area contributed by atoms with Crippen molar-refractivity contribution in [2.45, 2.75) is 0 Å². The van der Waals surface area contributed by atoms with Gasteiger partial charge in [0.15, 0.2) is 0 Å². The summed E-state index contributed by atoms with van der Waals surface area (Å²) in [6, 6.07) is 5.87. The van der Waals surface area contributed by atoms with Gasteiger partial charge in [-0.3, -0.25) is 0 Å². The smallest absolute Gasteiger partial charge is 0.144 e. The van der Waals surface area contributed by atoms with Crippen molar-refractivity contribution in [1.82, 2.24) is 4.90 Å². The third kappa shape index (κ3) is 3.55. The molecule has 20 heavy (non-hydrogen) atoms. The maximum absolute atomic E-state index is 5.65. The van der Waals surface area contributed by atoms with E-state index in [9.17, 15) is 0 Å². The molecule has 1 aromatic rings. The van der Waals surface area contributed by atoms with Crippen molar-refractivity contribution in [3.8, 4) is 5.75 Å². The van der Waals surface area contributed by atoms with Gasteiger partial charge in [-0.05, 0) is 19.2 Å². The second kappa shape index (κ2) is 6.81. The van der Waals surface area contributed by atoms with E-state index in [1.807, 2.05) is 18.2 Å². The summed E-state index contributed by atoms with van der Waals surface area (Å²) in [4.78, 5) is 8.89. The zero-order valence-corrected chi connectivity index (χ0v) is 12.7. The van der Waals surface area contributed by atoms with Gasteiger partial charge in [0.1, 0.15) is 11.6 Å². The van der Waals surface area contributed by atoms with E-state index in [0.717, 1.165) is 43.3 Å². The molecule has 5 nitrogen and oxygen atoms in total. The number of hydrogen-bond donors (Lipinski definition) is 1. The predicted molar refractivity (Wildman–Crippen MR) is 84.7 cm³/mol. The lowest BCUT2D eigenvalue weighted by atomic mass is 10.2. The van der Waals surface area contributed by atoms with E-state index in [1.165, 1.54) is 0 Å². The monoisotopic (exact) mass is 296 g/mol. The lowest BCUT2D eigenvalue weighted by molar-refractivity contribution is 0.311. The fourth-order valence-electron chi connectivity index (χ4n) is 2.24. The number of hydrogen-bond acceptors (Lipinski definition) is 4. The Morgan fingerprint density at radius 2 is 2.05 bits per heavy atom. The van der Waals surface area contributed by atoms with Crippen molar-refractivity contribution in [3.63, 3.8) is 0 Å². The zero-order chi connectivity index (χ0) is 14.5. The molecule has 1 aliphatic heterocycles. The normalized spacial score (nSPS) is 17.4. The van der Waals surface area contributed by atoms with Crippen LogP contribution in [0.4, 0.5) is 11.4 Å². The molecule has 0 bridgehead atoms. The largest absolute Gasteiger partial charge is 0.495 e. The minimum Gasteiger partial charge on any atom is -0.495 e. The highest BCUT2D eigenvalue weighted by atomic mass is 35.5. The summed E-state index contributed by atoms with van der Waals surface area (Å²) >= 11 is 5.64. The molecular weight excluding hydrogens is 276 g/mol. The Balaban J connectivity index is 2.22. The zero-order valence-electron chi connectivity index (χ0n) is 12.0. The number of aliphatic imine (C=N–C) groups is 1. The molecule has 1 aliphatic rings. The number of halogens is 1. The Kier molecular flexibility index (Phi) is 5.09. The molecule has 0 radical (unpaired) electrons. The number of nitrogens with zero attached hydrogens (tertiary/aromatic N) is 3. The molecule has 2 N–H and O–H groups in total. The number of benzene rings is 1. The molecule has 0 aliphatic carbocycles. The van der Waals surface area contributed by atoms with Gasteiger partial charge >= 0.3 is 0 Å². The number of anilines is 1. The second-order valence-corrected chi connectivity index (χ2v) is 5.15. The first-order chi connectivity index (χ1) is 9.63. The summed E-state index contributed by atoms with van der Waals surface area (Å²) in [5, 5.41) is 0. The van der Waals surface area contributed by atoms with Crippen LogP contribution in [0.15, 0.2) is 23.2 Å². The van der Waals surface area contributed by atoms with Gasteiger partial charge in [0.25, 0.3) is 0 Å². The van der Waals surface area contributed by atoms with Gasteiger partial charge in [0, 0.05) is 32.2 Å². The molecule has 1 fully saturated rings. The Hall–Kier alpha value is -1.46. The SMILES string of the molecule is COc1cc(N=C(N)CCl)ccc1N1CCN(C)CC1. The molecule has 1 saturated heterocycles. The number of methoxy groups -OCH3 is 1.